The van der Waals surface area contributed by atoms with Gasteiger partial charge in [-0.3, -0.25) is 4.90 Å². The quantitative estimate of drug-likeness (QED) is 0.882. The Morgan fingerprint density at radius 2 is 1.95 bits per heavy atom. The van der Waals surface area contributed by atoms with Gasteiger partial charge in [-0.15, -0.1) is 0 Å². The molecule has 1 aromatic rings. The number of hydrogen-bond donors (Lipinski definition) is 1. The number of benzene rings is 1. The zero-order valence-electron chi connectivity index (χ0n) is 12.0. The molecule has 1 N–H and O–H groups in total. The van der Waals surface area contributed by atoms with Crippen LogP contribution < -0.4 is 0 Å². The van der Waals surface area contributed by atoms with Crippen LogP contribution >= 0.6 is 0 Å². The van der Waals surface area contributed by atoms with E-state index in [-0.39, 0.29) is 0 Å². The summed E-state index contributed by atoms with van der Waals surface area (Å²) in [5, 5.41) is 10.1. The lowest BCUT2D eigenvalue weighted by molar-refractivity contribution is 0.0444. The fraction of sp³-hybridized carbons (Fsp3) is 0.647. The van der Waals surface area contributed by atoms with Gasteiger partial charge in [0, 0.05) is 13.1 Å². The van der Waals surface area contributed by atoms with Crippen molar-refractivity contribution in [2.75, 3.05) is 13.1 Å². The van der Waals surface area contributed by atoms with Crippen LogP contribution in [-0.4, -0.2) is 28.7 Å². The summed E-state index contributed by atoms with van der Waals surface area (Å²) in [6, 6.07) is 7.03. The van der Waals surface area contributed by atoms with Gasteiger partial charge in [-0.25, -0.2) is 0 Å². The summed E-state index contributed by atoms with van der Waals surface area (Å²) in [7, 11) is 0. The number of aliphatic hydroxyl groups is 1. The largest absolute Gasteiger partial charge is 0.390 e. The maximum atomic E-state index is 10.1. The third-order valence-electron chi connectivity index (χ3n) is 4.73. The maximum Gasteiger partial charge on any atom is 0.0632 e. The van der Waals surface area contributed by atoms with Crippen molar-refractivity contribution >= 4 is 0 Å². The van der Waals surface area contributed by atoms with Gasteiger partial charge in [0.1, 0.15) is 0 Å². The van der Waals surface area contributed by atoms with Crippen LogP contribution in [0.2, 0.25) is 0 Å². The molecule has 104 valence electrons. The van der Waals surface area contributed by atoms with E-state index in [4.69, 9.17) is 0 Å². The Morgan fingerprint density at radius 1 is 1.11 bits per heavy atom. The molecule has 1 aliphatic heterocycles. The van der Waals surface area contributed by atoms with Crippen molar-refractivity contribution in [2.45, 2.75) is 57.6 Å². The molecule has 1 aliphatic carbocycles. The lowest BCUT2D eigenvalue weighted by Gasteiger charge is -2.22. The molecule has 1 saturated heterocycles. The molecule has 19 heavy (non-hydrogen) atoms. The number of likely N-dealkylation sites (tertiary alicyclic amines) is 1. The summed E-state index contributed by atoms with van der Waals surface area (Å²) in [5.41, 5.74) is 4.12. The highest BCUT2D eigenvalue weighted by molar-refractivity contribution is 5.35. The molecule has 0 bridgehead atoms. The second-order valence-corrected chi connectivity index (χ2v) is 6.58. The lowest BCUT2D eigenvalue weighted by Crippen LogP contribution is -2.28. The van der Waals surface area contributed by atoms with E-state index in [1.54, 1.807) is 11.1 Å². The van der Waals surface area contributed by atoms with Crippen molar-refractivity contribution in [2.24, 2.45) is 0 Å². The zero-order chi connectivity index (χ0) is 13.3. The summed E-state index contributed by atoms with van der Waals surface area (Å²) in [6.45, 7) is 5.16. The van der Waals surface area contributed by atoms with Crippen molar-refractivity contribution in [1.29, 1.82) is 0 Å². The van der Waals surface area contributed by atoms with Crippen LogP contribution in [0, 0.1) is 0 Å². The Bertz CT molecular complexity index is 453. The average molecular weight is 259 g/mol. The monoisotopic (exact) mass is 259 g/mol. The molecular formula is C17H25NO. The van der Waals surface area contributed by atoms with Gasteiger partial charge in [0.05, 0.1) is 5.60 Å². The first kappa shape index (κ1) is 13.1. The summed E-state index contributed by atoms with van der Waals surface area (Å²) in [5.74, 6) is 0. The number of hydrogen-bond acceptors (Lipinski definition) is 2. The van der Waals surface area contributed by atoms with Crippen molar-refractivity contribution in [3.05, 3.63) is 34.9 Å². The molecule has 2 nitrogen and oxygen atoms in total. The minimum atomic E-state index is -0.452. The summed E-state index contributed by atoms with van der Waals surface area (Å²) in [6.07, 6.45) is 6.80. The van der Waals surface area contributed by atoms with Gasteiger partial charge >= 0.3 is 0 Å². The van der Waals surface area contributed by atoms with E-state index >= 15 is 0 Å². The highest BCUT2D eigenvalue weighted by Crippen LogP contribution is 2.25. The van der Waals surface area contributed by atoms with Crippen LogP contribution in [0.4, 0.5) is 0 Å². The van der Waals surface area contributed by atoms with Gasteiger partial charge < -0.3 is 5.11 Å². The highest BCUT2D eigenvalue weighted by atomic mass is 16.3. The van der Waals surface area contributed by atoms with Gasteiger partial charge in [-0.05, 0) is 68.7 Å². The third-order valence-corrected chi connectivity index (χ3v) is 4.73. The highest BCUT2D eigenvalue weighted by Gasteiger charge is 2.25. The van der Waals surface area contributed by atoms with Crippen LogP contribution in [0.15, 0.2) is 18.2 Å². The Labute approximate surface area is 116 Å². The smallest absolute Gasteiger partial charge is 0.0632 e. The Kier molecular flexibility index (Phi) is 3.64. The van der Waals surface area contributed by atoms with Crippen molar-refractivity contribution in [1.82, 2.24) is 4.90 Å². The number of aryl methyl sites for hydroxylation is 2. The number of fused-ring (bicyclic) bond motifs is 1. The number of rotatable bonds is 2. The normalized spacial score (nSPS) is 28.1. The van der Waals surface area contributed by atoms with Crippen LogP contribution in [0.3, 0.4) is 0 Å². The topological polar surface area (TPSA) is 23.5 Å². The Hall–Kier alpha value is -0.860. The first-order valence-corrected chi connectivity index (χ1v) is 7.68. The van der Waals surface area contributed by atoms with E-state index in [1.165, 1.54) is 24.8 Å². The molecule has 2 heteroatoms. The molecule has 0 saturated carbocycles. The van der Waals surface area contributed by atoms with Crippen LogP contribution in [0.1, 0.15) is 49.3 Å². The minimum absolute atomic E-state index is 0.452. The van der Waals surface area contributed by atoms with E-state index in [0.29, 0.717) is 0 Å². The van der Waals surface area contributed by atoms with Crippen LogP contribution in [0.25, 0.3) is 0 Å². The van der Waals surface area contributed by atoms with E-state index in [9.17, 15) is 5.11 Å². The van der Waals surface area contributed by atoms with Crippen LogP contribution in [-0.2, 0) is 19.4 Å². The van der Waals surface area contributed by atoms with Gasteiger partial charge in [-0.1, -0.05) is 18.2 Å². The first-order valence-electron chi connectivity index (χ1n) is 7.68. The van der Waals surface area contributed by atoms with E-state index in [1.807, 2.05) is 6.92 Å². The molecule has 0 aromatic heterocycles. The Morgan fingerprint density at radius 3 is 2.84 bits per heavy atom. The van der Waals surface area contributed by atoms with E-state index in [0.717, 1.165) is 38.9 Å². The van der Waals surface area contributed by atoms with Gasteiger partial charge in [0.2, 0.25) is 0 Å². The molecule has 1 unspecified atom stereocenters. The minimum Gasteiger partial charge on any atom is -0.390 e. The summed E-state index contributed by atoms with van der Waals surface area (Å²) in [4.78, 5) is 2.50. The van der Waals surface area contributed by atoms with Gasteiger partial charge in [0.25, 0.3) is 0 Å². The first-order chi connectivity index (χ1) is 9.12. The zero-order valence-corrected chi connectivity index (χ0v) is 12.0. The molecule has 1 fully saturated rings. The second kappa shape index (κ2) is 5.26. The van der Waals surface area contributed by atoms with Gasteiger partial charge in [0.15, 0.2) is 0 Å². The van der Waals surface area contributed by atoms with Crippen molar-refractivity contribution < 1.29 is 5.11 Å². The lowest BCUT2D eigenvalue weighted by atomic mass is 9.98. The molecule has 1 atom stereocenters. The molecule has 0 amide bonds. The Balaban J connectivity index is 1.65. The van der Waals surface area contributed by atoms with Gasteiger partial charge in [-0.2, -0.15) is 0 Å². The average Bonchev–Trinajstić information content (AvgIpc) is 2.76. The third kappa shape index (κ3) is 3.18. The second-order valence-electron chi connectivity index (χ2n) is 6.58. The molecule has 0 spiro atoms. The maximum absolute atomic E-state index is 10.1. The fourth-order valence-corrected chi connectivity index (χ4v) is 3.46. The van der Waals surface area contributed by atoms with Crippen molar-refractivity contribution in [3.8, 4) is 0 Å². The van der Waals surface area contributed by atoms with Crippen LogP contribution in [0.5, 0.6) is 0 Å². The van der Waals surface area contributed by atoms with E-state index in [2.05, 4.69) is 23.1 Å². The predicted molar refractivity (Wildman–Crippen MR) is 78.2 cm³/mol. The molecule has 0 radical (unpaired) electrons. The fourth-order valence-electron chi connectivity index (χ4n) is 3.46. The molecule has 1 heterocycles. The molecule has 3 rings (SSSR count). The predicted octanol–water partition coefficient (Wildman–Crippen LogP) is 2.91. The molecule has 1 aromatic carbocycles. The van der Waals surface area contributed by atoms with E-state index < -0.39 is 5.60 Å². The van der Waals surface area contributed by atoms with Crippen molar-refractivity contribution in [3.63, 3.8) is 0 Å². The molecular weight excluding hydrogens is 234 g/mol. The summed E-state index contributed by atoms with van der Waals surface area (Å²) >= 11 is 0. The number of nitrogens with zero attached hydrogens (tertiary/aromatic N) is 1. The molecule has 2 aliphatic rings. The standard InChI is InChI=1S/C17H25NO/c1-17(19)8-3-10-18(11-9-17)13-14-6-7-15-4-2-5-16(15)12-14/h6-7,12,19H,2-5,8-11,13H2,1H3. The SMILES string of the molecule is CC1(O)CCCN(Cc2ccc3c(c2)CCC3)CC1. The summed E-state index contributed by atoms with van der Waals surface area (Å²) < 4.78 is 0.